The summed E-state index contributed by atoms with van der Waals surface area (Å²) in [6.07, 6.45) is 2.02. The molecular formula is C16H22BClO2S. The van der Waals surface area contributed by atoms with E-state index in [0.29, 0.717) is 5.75 Å². The Balaban J connectivity index is 2.33. The fourth-order valence-electron chi connectivity index (χ4n) is 2.16. The zero-order valence-corrected chi connectivity index (χ0v) is 14.9. The fraction of sp³-hybridized carbons (Fsp3) is 0.500. The summed E-state index contributed by atoms with van der Waals surface area (Å²) in [7, 11) is -0.385. The maximum atomic E-state index is 6.36. The average molecular weight is 325 g/mol. The van der Waals surface area contributed by atoms with Crippen LogP contribution >= 0.6 is 24.2 Å². The van der Waals surface area contributed by atoms with Crippen molar-refractivity contribution >= 4 is 37.4 Å². The second kappa shape index (κ2) is 6.00. The molecule has 1 fully saturated rings. The molecule has 1 aromatic rings. The van der Waals surface area contributed by atoms with Crippen LogP contribution in [0.1, 0.15) is 38.8 Å². The number of hydrogen-bond donors (Lipinski definition) is 1. The molecule has 2 rings (SSSR count). The molecule has 114 valence electrons. The van der Waals surface area contributed by atoms with E-state index in [4.69, 9.17) is 20.9 Å². The Kier molecular flexibility index (Phi) is 4.84. The smallest absolute Gasteiger partial charge is 0.400 e. The largest absolute Gasteiger partial charge is 0.491 e. The molecule has 0 spiro atoms. The van der Waals surface area contributed by atoms with Crippen molar-refractivity contribution in [1.82, 2.24) is 0 Å². The van der Waals surface area contributed by atoms with Gasteiger partial charge in [-0.3, -0.25) is 0 Å². The number of thiol groups is 1. The molecule has 1 saturated heterocycles. The van der Waals surface area contributed by atoms with E-state index in [-0.39, 0.29) is 18.3 Å². The molecule has 0 aliphatic carbocycles. The molecule has 0 saturated carbocycles. The topological polar surface area (TPSA) is 18.5 Å². The molecule has 2 nitrogen and oxygen atoms in total. The molecule has 21 heavy (non-hydrogen) atoms. The van der Waals surface area contributed by atoms with Gasteiger partial charge in [-0.15, -0.1) is 0 Å². The van der Waals surface area contributed by atoms with Gasteiger partial charge < -0.3 is 9.31 Å². The number of aryl methyl sites for hydroxylation is 1. The van der Waals surface area contributed by atoms with Gasteiger partial charge in [-0.1, -0.05) is 35.9 Å². The van der Waals surface area contributed by atoms with Gasteiger partial charge in [0.2, 0.25) is 0 Å². The highest BCUT2D eigenvalue weighted by molar-refractivity contribution is 7.80. The third-order valence-electron chi connectivity index (χ3n) is 4.30. The summed E-state index contributed by atoms with van der Waals surface area (Å²) in [6.45, 7) is 10.2. The monoisotopic (exact) mass is 324 g/mol. The van der Waals surface area contributed by atoms with Crippen molar-refractivity contribution in [3.63, 3.8) is 0 Å². The maximum Gasteiger partial charge on any atom is 0.491 e. The van der Waals surface area contributed by atoms with Gasteiger partial charge >= 0.3 is 7.12 Å². The molecule has 1 aliphatic rings. The Morgan fingerprint density at radius 1 is 1.24 bits per heavy atom. The standard InChI is InChI=1S/C16H22BClO2S/c1-11-7-6-8-12(14(11)18)9-13(10-21)17-19-15(2,3)16(4,5)20-17/h6-9,21H,10H2,1-5H3. The Labute approximate surface area is 138 Å². The lowest BCUT2D eigenvalue weighted by Crippen LogP contribution is -2.41. The van der Waals surface area contributed by atoms with Crippen LogP contribution in [-0.4, -0.2) is 24.1 Å². The lowest BCUT2D eigenvalue weighted by Gasteiger charge is -2.32. The quantitative estimate of drug-likeness (QED) is 0.647. The average Bonchev–Trinajstić information content (AvgIpc) is 2.60. The molecule has 0 amide bonds. The van der Waals surface area contributed by atoms with Crippen molar-refractivity contribution < 1.29 is 9.31 Å². The lowest BCUT2D eigenvalue weighted by atomic mass is 9.78. The zero-order valence-electron chi connectivity index (χ0n) is 13.2. The van der Waals surface area contributed by atoms with Crippen LogP contribution in [0.2, 0.25) is 5.02 Å². The van der Waals surface area contributed by atoms with Crippen molar-refractivity contribution in [2.45, 2.75) is 45.8 Å². The van der Waals surface area contributed by atoms with Crippen molar-refractivity contribution in [3.8, 4) is 0 Å². The summed E-state index contributed by atoms with van der Waals surface area (Å²) in [5.41, 5.74) is 2.30. The Bertz CT molecular complexity index is 553. The summed E-state index contributed by atoms with van der Waals surface area (Å²) in [4.78, 5) is 0. The van der Waals surface area contributed by atoms with E-state index in [1.54, 1.807) is 0 Å². The fourth-order valence-corrected chi connectivity index (χ4v) is 2.58. The van der Waals surface area contributed by atoms with Crippen molar-refractivity contribution in [2.75, 3.05) is 5.75 Å². The van der Waals surface area contributed by atoms with Gasteiger partial charge in [-0.05, 0) is 51.2 Å². The third kappa shape index (κ3) is 3.34. The van der Waals surface area contributed by atoms with Crippen molar-refractivity contribution in [2.24, 2.45) is 0 Å². The maximum absolute atomic E-state index is 6.36. The predicted molar refractivity (Wildman–Crippen MR) is 94.1 cm³/mol. The minimum atomic E-state index is -0.385. The first-order valence-electron chi connectivity index (χ1n) is 7.10. The van der Waals surface area contributed by atoms with Crippen molar-refractivity contribution in [1.29, 1.82) is 0 Å². The van der Waals surface area contributed by atoms with Crippen LogP contribution in [0.15, 0.2) is 23.7 Å². The van der Waals surface area contributed by atoms with Gasteiger partial charge in [0.05, 0.1) is 16.2 Å². The molecule has 0 N–H and O–H groups in total. The van der Waals surface area contributed by atoms with E-state index >= 15 is 0 Å². The molecule has 0 bridgehead atoms. The van der Waals surface area contributed by atoms with E-state index in [0.717, 1.165) is 21.6 Å². The number of rotatable bonds is 3. The molecule has 5 heteroatoms. The van der Waals surface area contributed by atoms with Crippen LogP contribution in [0.4, 0.5) is 0 Å². The van der Waals surface area contributed by atoms with E-state index in [9.17, 15) is 0 Å². The highest BCUT2D eigenvalue weighted by Crippen LogP contribution is 2.39. The van der Waals surface area contributed by atoms with E-state index < -0.39 is 0 Å². The number of hydrogen-bond acceptors (Lipinski definition) is 3. The summed E-state index contributed by atoms with van der Waals surface area (Å²) >= 11 is 10.8. The van der Waals surface area contributed by atoms with E-state index in [2.05, 4.69) is 12.6 Å². The molecule has 1 aromatic carbocycles. The zero-order chi connectivity index (χ0) is 15.8. The van der Waals surface area contributed by atoms with Gasteiger partial charge in [0.25, 0.3) is 0 Å². The predicted octanol–water partition coefficient (Wildman–Crippen LogP) is 4.59. The Hall–Kier alpha value is -0.415. The van der Waals surface area contributed by atoms with Gasteiger partial charge in [-0.2, -0.15) is 12.6 Å². The van der Waals surface area contributed by atoms with Crippen LogP contribution in [0, 0.1) is 6.92 Å². The number of halogens is 1. The van der Waals surface area contributed by atoms with Crippen LogP contribution in [0.25, 0.3) is 6.08 Å². The minimum Gasteiger partial charge on any atom is -0.400 e. The van der Waals surface area contributed by atoms with Gasteiger partial charge in [0.1, 0.15) is 0 Å². The van der Waals surface area contributed by atoms with Crippen LogP contribution in [-0.2, 0) is 9.31 Å². The minimum absolute atomic E-state index is 0.351. The molecule has 0 unspecified atom stereocenters. The first-order valence-corrected chi connectivity index (χ1v) is 8.11. The van der Waals surface area contributed by atoms with E-state index in [1.807, 2.05) is 58.9 Å². The summed E-state index contributed by atoms with van der Waals surface area (Å²) in [6, 6.07) is 5.98. The second-order valence-electron chi connectivity index (χ2n) is 6.44. The first kappa shape index (κ1) is 16.9. The molecule has 0 radical (unpaired) electrons. The van der Waals surface area contributed by atoms with Gasteiger partial charge in [0.15, 0.2) is 0 Å². The summed E-state index contributed by atoms with van der Waals surface area (Å²) in [5, 5.41) is 0.758. The van der Waals surface area contributed by atoms with Crippen molar-refractivity contribution in [3.05, 3.63) is 39.8 Å². The lowest BCUT2D eigenvalue weighted by molar-refractivity contribution is 0.00578. The highest BCUT2D eigenvalue weighted by atomic mass is 35.5. The van der Waals surface area contributed by atoms with E-state index in [1.165, 1.54) is 0 Å². The Morgan fingerprint density at radius 2 is 1.81 bits per heavy atom. The molecule has 0 atom stereocenters. The normalized spacial score (nSPS) is 20.9. The van der Waals surface area contributed by atoms with Crippen LogP contribution in [0.3, 0.4) is 0 Å². The van der Waals surface area contributed by atoms with Crippen LogP contribution in [0.5, 0.6) is 0 Å². The molecule has 0 aromatic heterocycles. The molecular weight excluding hydrogens is 303 g/mol. The summed E-state index contributed by atoms with van der Waals surface area (Å²) in [5.74, 6) is 0.557. The SMILES string of the molecule is Cc1cccc(C=C(CS)B2OC(C)(C)C(C)(C)O2)c1Cl. The summed E-state index contributed by atoms with van der Waals surface area (Å²) < 4.78 is 12.2. The Morgan fingerprint density at radius 3 is 2.33 bits per heavy atom. The van der Waals surface area contributed by atoms with Crippen LogP contribution < -0.4 is 0 Å². The number of benzene rings is 1. The molecule has 1 aliphatic heterocycles. The van der Waals surface area contributed by atoms with Gasteiger partial charge in [-0.25, -0.2) is 0 Å². The van der Waals surface area contributed by atoms with Gasteiger partial charge in [0, 0.05) is 5.75 Å². The first-order chi connectivity index (χ1) is 9.68. The second-order valence-corrected chi connectivity index (χ2v) is 7.14. The molecule has 1 heterocycles. The third-order valence-corrected chi connectivity index (χ3v) is 5.18. The highest BCUT2D eigenvalue weighted by Gasteiger charge is 2.52.